The predicted octanol–water partition coefficient (Wildman–Crippen LogP) is 3.35. The minimum absolute atomic E-state index is 0.163. The summed E-state index contributed by atoms with van der Waals surface area (Å²) in [5.41, 5.74) is 4.60. The molecule has 150 valence electrons. The lowest BCUT2D eigenvalue weighted by atomic mass is 10.0. The van der Waals surface area contributed by atoms with E-state index in [0.717, 1.165) is 34.3 Å². The van der Waals surface area contributed by atoms with E-state index in [1.54, 1.807) is 11.9 Å². The summed E-state index contributed by atoms with van der Waals surface area (Å²) < 4.78 is 1.95. The van der Waals surface area contributed by atoms with Gasteiger partial charge in [0.05, 0.1) is 17.1 Å². The zero-order valence-corrected chi connectivity index (χ0v) is 16.9. The Hall–Kier alpha value is -2.64. The summed E-state index contributed by atoms with van der Waals surface area (Å²) in [7, 11) is 1.61. The van der Waals surface area contributed by atoms with Crippen LogP contribution in [0.3, 0.4) is 0 Å². The van der Waals surface area contributed by atoms with Gasteiger partial charge in [0.25, 0.3) is 0 Å². The van der Waals surface area contributed by atoms with E-state index < -0.39 is 6.23 Å². The molecular formula is C21H22ClN5O2. The van der Waals surface area contributed by atoms with Crippen LogP contribution in [0.25, 0.3) is 22.2 Å². The average Bonchev–Trinajstić information content (AvgIpc) is 3.40. The van der Waals surface area contributed by atoms with E-state index in [-0.39, 0.29) is 6.03 Å². The first kappa shape index (κ1) is 18.4. The number of urea groups is 1. The number of nitrogens with zero attached hydrogens (tertiary/aromatic N) is 5. The number of likely N-dealkylation sites (N-methyl/N-ethyl adjacent to an activating group) is 1. The quantitative estimate of drug-likeness (QED) is 0.698. The summed E-state index contributed by atoms with van der Waals surface area (Å²) in [6.07, 6.45) is 1.77. The number of aromatic nitrogens is 3. The molecule has 0 radical (unpaired) electrons. The number of aliphatic hydroxyl groups excluding tert-OH is 1. The first-order valence-electron chi connectivity index (χ1n) is 9.82. The summed E-state index contributed by atoms with van der Waals surface area (Å²) >= 11 is 6.67. The summed E-state index contributed by atoms with van der Waals surface area (Å²) in [6, 6.07) is 11.9. The van der Waals surface area contributed by atoms with Gasteiger partial charge in [-0.2, -0.15) is 0 Å². The van der Waals surface area contributed by atoms with Crippen LogP contribution in [0.5, 0.6) is 0 Å². The minimum Gasteiger partial charge on any atom is -0.372 e. The Labute approximate surface area is 173 Å². The number of hydrogen-bond acceptors (Lipinski definition) is 4. The second-order valence-corrected chi connectivity index (χ2v) is 8.34. The number of fused-ring (bicyclic) bond motifs is 1. The molecule has 1 unspecified atom stereocenters. The molecule has 1 atom stereocenters. The van der Waals surface area contributed by atoms with Crippen molar-refractivity contribution in [1.82, 2.24) is 24.8 Å². The molecule has 1 N–H and O–H groups in total. The van der Waals surface area contributed by atoms with Crippen LogP contribution in [0.1, 0.15) is 18.4 Å². The molecule has 2 fully saturated rings. The van der Waals surface area contributed by atoms with Crippen molar-refractivity contribution in [3.63, 3.8) is 0 Å². The Morgan fingerprint density at radius 1 is 1.17 bits per heavy atom. The van der Waals surface area contributed by atoms with Crippen molar-refractivity contribution < 1.29 is 9.90 Å². The van der Waals surface area contributed by atoms with Crippen LogP contribution in [-0.2, 0) is 13.1 Å². The molecule has 8 heteroatoms. The maximum Gasteiger partial charge on any atom is 0.322 e. The van der Waals surface area contributed by atoms with Crippen LogP contribution in [0.15, 0.2) is 36.4 Å². The molecule has 2 heterocycles. The predicted molar refractivity (Wildman–Crippen MR) is 110 cm³/mol. The van der Waals surface area contributed by atoms with Gasteiger partial charge < -0.3 is 14.9 Å². The molecule has 1 aromatic heterocycles. The van der Waals surface area contributed by atoms with Crippen LogP contribution in [0, 0.1) is 5.92 Å². The Morgan fingerprint density at radius 3 is 2.59 bits per heavy atom. The van der Waals surface area contributed by atoms with Crippen molar-refractivity contribution in [2.45, 2.75) is 32.2 Å². The highest BCUT2D eigenvalue weighted by atomic mass is 35.5. The van der Waals surface area contributed by atoms with Crippen molar-refractivity contribution in [1.29, 1.82) is 0 Å². The Balaban J connectivity index is 1.37. The fourth-order valence-electron chi connectivity index (χ4n) is 3.80. The summed E-state index contributed by atoms with van der Waals surface area (Å²) in [5, 5.41) is 19.0. The average molecular weight is 412 g/mol. The molecule has 1 saturated heterocycles. The van der Waals surface area contributed by atoms with E-state index >= 15 is 0 Å². The topological polar surface area (TPSA) is 74.5 Å². The van der Waals surface area contributed by atoms with Crippen molar-refractivity contribution >= 4 is 28.7 Å². The van der Waals surface area contributed by atoms with Crippen LogP contribution in [0.2, 0.25) is 5.02 Å². The van der Waals surface area contributed by atoms with Gasteiger partial charge in [-0.05, 0) is 36.0 Å². The highest BCUT2D eigenvalue weighted by molar-refractivity contribution is 6.37. The van der Waals surface area contributed by atoms with E-state index in [1.165, 1.54) is 17.7 Å². The third-order valence-corrected chi connectivity index (χ3v) is 6.18. The second-order valence-electron chi connectivity index (χ2n) is 7.96. The van der Waals surface area contributed by atoms with Gasteiger partial charge in [0.2, 0.25) is 0 Å². The lowest BCUT2D eigenvalue weighted by molar-refractivity contribution is 0.0790. The Kier molecular flexibility index (Phi) is 4.44. The molecule has 7 nitrogen and oxygen atoms in total. The minimum atomic E-state index is -0.749. The fraction of sp³-hybridized carbons (Fsp3) is 0.381. The third kappa shape index (κ3) is 3.34. The molecule has 0 spiro atoms. The molecule has 1 aliphatic heterocycles. The summed E-state index contributed by atoms with van der Waals surface area (Å²) in [5.74, 6) is 0.717. The van der Waals surface area contributed by atoms with Gasteiger partial charge in [0.15, 0.2) is 0 Å². The molecule has 3 aromatic rings. The number of carbonyl (C=O) groups is 1. The monoisotopic (exact) mass is 411 g/mol. The van der Waals surface area contributed by atoms with E-state index in [1.807, 2.05) is 41.1 Å². The first-order chi connectivity index (χ1) is 14.0. The first-order valence-corrected chi connectivity index (χ1v) is 10.2. The van der Waals surface area contributed by atoms with Gasteiger partial charge in [-0.25, -0.2) is 9.48 Å². The lowest BCUT2D eigenvalue weighted by Crippen LogP contribution is -2.30. The van der Waals surface area contributed by atoms with E-state index in [4.69, 9.17) is 11.6 Å². The van der Waals surface area contributed by atoms with Gasteiger partial charge >= 0.3 is 6.03 Å². The van der Waals surface area contributed by atoms with E-state index in [2.05, 4.69) is 10.3 Å². The van der Waals surface area contributed by atoms with Crippen LogP contribution < -0.4 is 0 Å². The van der Waals surface area contributed by atoms with Gasteiger partial charge in [-0.3, -0.25) is 0 Å². The van der Waals surface area contributed by atoms with Gasteiger partial charge in [0, 0.05) is 25.7 Å². The zero-order chi connectivity index (χ0) is 20.1. The summed E-state index contributed by atoms with van der Waals surface area (Å²) in [6.45, 7) is 1.68. The molecule has 2 amide bonds. The second kappa shape index (κ2) is 7.00. The molecule has 0 bridgehead atoms. The Morgan fingerprint density at radius 2 is 1.93 bits per heavy atom. The molecule has 1 saturated carbocycles. The molecule has 2 aliphatic rings. The van der Waals surface area contributed by atoms with Crippen LogP contribution in [0.4, 0.5) is 4.79 Å². The summed E-state index contributed by atoms with van der Waals surface area (Å²) in [4.78, 5) is 15.1. The molecule has 1 aliphatic carbocycles. The number of halogens is 1. The normalized spacial score (nSPS) is 19.6. The number of carbonyl (C=O) groups excluding carboxylic acids is 1. The molecule has 5 rings (SSSR count). The number of aliphatic hydroxyl groups is 1. The van der Waals surface area contributed by atoms with Gasteiger partial charge in [-0.15, -0.1) is 5.10 Å². The Bertz CT molecular complexity index is 1080. The van der Waals surface area contributed by atoms with Crippen LogP contribution in [-0.4, -0.2) is 55.8 Å². The standard InChI is InChI=1S/C21H22ClN5O2/c1-25-18(28)12-26(21(25)29)10-13-4-6-15(7-5-13)16-8-9-17-20(19(16)22)23-24-27(17)11-14-2-3-14/h4-9,14,18,28H,2-3,10-12H2,1H3. The van der Waals surface area contributed by atoms with Crippen molar-refractivity contribution in [2.24, 2.45) is 5.92 Å². The van der Waals surface area contributed by atoms with Gasteiger partial charge in [-0.1, -0.05) is 47.1 Å². The third-order valence-electron chi connectivity index (χ3n) is 5.80. The SMILES string of the molecule is CN1C(=O)N(Cc2ccc(-c3ccc4c(nnn4CC4CC4)c3Cl)cc2)CC1O. The molecular weight excluding hydrogens is 390 g/mol. The highest BCUT2D eigenvalue weighted by Crippen LogP contribution is 2.35. The van der Waals surface area contributed by atoms with Crippen molar-refractivity contribution in [2.75, 3.05) is 13.6 Å². The lowest BCUT2D eigenvalue weighted by Gasteiger charge is -2.16. The van der Waals surface area contributed by atoms with Crippen molar-refractivity contribution in [3.8, 4) is 11.1 Å². The maximum absolute atomic E-state index is 12.1. The largest absolute Gasteiger partial charge is 0.372 e. The molecule has 2 aromatic carbocycles. The van der Waals surface area contributed by atoms with E-state index in [0.29, 0.717) is 24.0 Å². The van der Waals surface area contributed by atoms with Crippen molar-refractivity contribution in [3.05, 3.63) is 47.0 Å². The number of benzene rings is 2. The zero-order valence-electron chi connectivity index (χ0n) is 16.1. The van der Waals surface area contributed by atoms with Crippen LogP contribution >= 0.6 is 11.6 Å². The number of hydrogen-bond donors (Lipinski definition) is 1. The highest BCUT2D eigenvalue weighted by Gasteiger charge is 2.32. The smallest absolute Gasteiger partial charge is 0.322 e. The fourth-order valence-corrected chi connectivity index (χ4v) is 4.10. The van der Waals surface area contributed by atoms with Gasteiger partial charge in [0.1, 0.15) is 11.7 Å². The number of β-amino-alcohol motifs (C(OH)–C–C–N with tert-alkyl or cyclic N) is 1. The number of rotatable bonds is 5. The van der Waals surface area contributed by atoms with E-state index in [9.17, 15) is 9.90 Å². The molecule has 29 heavy (non-hydrogen) atoms. The number of amides is 2. The maximum atomic E-state index is 12.1.